The third-order valence-electron chi connectivity index (χ3n) is 2.65. The Bertz CT molecular complexity index is 433. The van der Waals surface area contributed by atoms with Gasteiger partial charge >= 0.3 is 5.97 Å². The number of halogens is 2. The molecule has 1 aromatic carbocycles. The lowest BCUT2D eigenvalue weighted by atomic mass is 10.1. The molecule has 1 rings (SSSR count). The number of rotatable bonds is 7. The number of nitrogens with zero attached hydrogens (tertiary/aromatic N) is 1. The highest BCUT2D eigenvalue weighted by Gasteiger charge is 2.22. The fraction of sp³-hybridized carbons (Fsp3) is 0.500. The van der Waals surface area contributed by atoms with Crippen molar-refractivity contribution in [2.75, 3.05) is 33.8 Å². The van der Waals surface area contributed by atoms with Crippen molar-refractivity contribution >= 4 is 5.97 Å². The Hall–Kier alpha value is -1.53. The fourth-order valence-electron chi connectivity index (χ4n) is 1.74. The molecule has 0 bridgehead atoms. The van der Waals surface area contributed by atoms with Crippen molar-refractivity contribution in [3.8, 4) is 0 Å². The summed E-state index contributed by atoms with van der Waals surface area (Å²) in [6, 6.07) is 2.16. The zero-order valence-corrected chi connectivity index (χ0v) is 12.0. The molecule has 1 aromatic rings. The van der Waals surface area contributed by atoms with E-state index < -0.39 is 23.6 Å². The molecule has 0 aliphatic rings. The summed E-state index contributed by atoms with van der Waals surface area (Å²) in [4.78, 5) is 13.8. The number of esters is 1. The molecule has 0 saturated carbocycles. The van der Waals surface area contributed by atoms with Crippen LogP contribution in [0.15, 0.2) is 18.2 Å². The number of likely N-dealkylation sites (N-methyl/N-ethyl adjacent to an activating group) is 1. The van der Waals surface area contributed by atoms with Gasteiger partial charge in [-0.25, -0.2) is 13.6 Å². The van der Waals surface area contributed by atoms with Crippen molar-refractivity contribution in [1.82, 2.24) is 10.2 Å². The Morgan fingerprint density at radius 1 is 1.30 bits per heavy atom. The van der Waals surface area contributed by atoms with Gasteiger partial charge in [0.05, 0.1) is 6.61 Å². The molecule has 0 aromatic heterocycles. The Labute approximate surface area is 117 Å². The van der Waals surface area contributed by atoms with Gasteiger partial charge in [0, 0.05) is 19.2 Å². The van der Waals surface area contributed by atoms with E-state index in [1.165, 1.54) is 0 Å². The van der Waals surface area contributed by atoms with E-state index in [1.54, 1.807) is 6.92 Å². The zero-order chi connectivity index (χ0) is 15.1. The topological polar surface area (TPSA) is 41.6 Å². The van der Waals surface area contributed by atoms with Crippen molar-refractivity contribution in [3.05, 3.63) is 35.4 Å². The smallest absolute Gasteiger partial charge is 0.327 e. The van der Waals surface area contributed by atoms with E-state index in [0.717, 1.165) is 18.2 Å². The lowest BCUT2D eigenvalue weighted by molar-refractivity contribution is -0.145. The maximum absolute atomic E-state index is 13.3. The van der Waals surface area contributed by atoms with Gasteiger partial charge in [0.1, 0.15) is 17.7 Å². The van der Waals surface area contributed by atoms with Crippen LogP contribution < -0.4 is 5.32 Å². The number of carbonyl (C=O) groups excluding carboxylic acids is 1. The summed E-state index contributed by atoms with van der Waals surface area (Å²) in [5, 5.41) is 2.96. The first-order valence-electron chi connectivity index (χ1n) is 6.44. The quantitative estimate of drug-likeness (QED) is 0.775. The van der Waals surface area contributed by atoms with Crippen molar-refractivity contribution < 1.29 is 18.3 Å². The molecule has 1 unspecified atom stereocenters. The van der Waals surface area contributed by atoms with Crippen LogP contribution >= 0.6 is 0 Å². The van der Waals surface area contributed by atoms with E-state index >= 15 is 0 Å². The first-order chi connectivity index (χ1) is 9.43. The van der Waals surface area contributed by atoms with Gasteiger partial charge < -0.3 is 9.64 Å². The highest BCUT2D eigenvalue weighted by Crippen LogP contribution is 2.18. The predicted molar refractivity (Wildman–Crippen MR) is 72.3 cm³/mol. The van der Waals surface area contributed by atoms with E-state index in [1.807, 2.05) is 19.0 Å². The molecule has 6 heteroatoms. The second-order valence-electron chi connectivity index (χ2n) is 4.65. The number of hydrogen-bond donors (Lipinski definition) is 1. The molecule has 1 N–H and O–H groups in total. The maximum Gasteiger partial charge on any atom is 0.327 e. The second kappa shape index (κ2) is 7.91. The van der Waals surface area contributed by atoms with Gasteiger partial charge in [-0.05, 0) is 38.7 Å². The third kappa shape index (κ3) is 5.22. The summed E-state index contributed by atoms with van der Waals surface area (Å²) < 4.78 is 31.5. The number of nitrogens with one attached hydrogen (secondary N) is 1. The summed E-state index contributed by atoms with van der Waals surface area (Å²) in [5.74, 6) is -1.98. The van der Waals surface area contributed by atoms with Gasteiger partial charge in [0.2, 0.25) is 0 Å². The predicted octanol–water partition coefficient (Wildman–Crippen LogP) is 1.72. The van der Waals surface area contributed by atoms with Crippen molar-refractivity contribution in [3.63, 3.8) is 0 Å². The summed E-state index contributed by atoms with van der Waals surface area (Å²) in [6.45, 7) is 3.08. The van der Waals surface area contributed by atoms with Crippen LogP contribution in [-0.2, 0) is 9.53 Å². The summed E-state index contributed by atoms with van der Waals surface area (Å²) in [6.07, 6.45) is 0. The summed E-state index contributed by atoms with van der Waals surface area (Å²) in [5.41, 5.74) is 0.222. The molecule has 1 atom stereocenters. The van der Waals surface area contributed by atoms with E-state index in [-0.39, 0.29) is 12.2 Å². The Morgan fingerprint density at radius 3 is 2.40 bits per heavy atom. The Morgan fingerprint density at radius 2 is 1.90 bits per heavy atom. The van der Waals surface area contributed by atoms with Crippen molar-refractivity contribution in [1.29, 1.82) is 0 Å². The lowest BCUT2D eigenvalue weighted by Crippen LogP contribution is -2.35. The molecule has 4 nitrogen and oxygen atoms in total. The minimum Gasteiger partial charge on any atom is -0.465 e. The number of ether oxygens (including phenoxy) is 1. The van der Waals surface area contributed by atoms with Gasteiger partial charge in [0.15, 0.2) is 0 Å². The number of carbonyl (C=O) groups is 1. The molecule has 0 radical (unpaired) electrons. The van der Waals surface area contributed by atoms with E-state index in [2.05, 4.69) is 5.32 Å². The Kier molecular flexibility index (Phi) is 6.54. The normalized spacial score (nSPS) is 12.5. The maximum atomic E-state index is 13.3. The molecule has 112 valence electrons. The van der Waals surface area contributed by atoms with Crippen LogP contribution in [-0.4, -0.2) is 44.7 Å². The first-order valence-corrected chi connectivity index (χ1v) is 6.44. The van der Waals surface area contributed by atoms with E-state index in [4.69, 9.17) is 4.74 Å². The monoisotopic (exact) mass is 286 g/mol. The van der Waals surface area contributed by atoms with Gasteiger partial charge in [0.25, 0.3) is 0 Å². The van der Waals surface area contributed by atoms with Gasteiger partial charge in [-0.2, -0.15) is 0 Å². The molecular weight excluding hydrogens is 266 g/mol. The van der Waals surface area contributed by atoms with Crippen LogP contribution in [0.2, 0.25) is 0 Å². The SMILES string of the molecule is CCOC(=O)C(NCCN(C)C)c1cc(F)cc(F)c1. The van der Waals surface area contributed by atoms with Crippen molar-refractivity contribution in [2.45, 2.75) is 13.0 Å². The average molecular weight is 286 g/mol. The molecule has 0 saturated heterocycles. The molecule has 0 aliphatic heterocycles. The zero-order valence-electron chi connectivity index (χ0n) is 12.0. The molecule has 0 aliphatic carbocycles. The van der Waals surface area contributed by atoms with Gasteiger partial charge in [-0.3, -0.25) is 5.32 Å². The highest BCUT2D eigenvalue weighted by molar-refractivity contribution is 5.77. The van der Waals surface area contributed by atoms with Crippen LogP contribution in [0.4, 0.5) is 8.78 Å². The van der Waals surface area contributed by atoms with Crippen LogP contribution in [0.1, 0.15) is 18.5 Å². The third-order valence-corrected chi connectivity index (χ3v) is 2.65. The minimum atomic E-state index is -0.875. The number of benzene rings is 1. The standard InChI is InChI=1S/C14H20F2N2O2/c1-4-20-14(19)13(17-5-6-18(2)3)10-7-11(15)9-12(16)8-10/h7-9,13,17H,4-6H2,1-3H3. The molecule has 20 heavy (non-hydrogen) atoms. The molecule has 0 spiro atoms. The Balaban J connectivity index is 2.88. The van der Waals surface area contributed by atoms with Crippen LogP contribution in [0.25, 0.3) is 0 Å². The fourth-order valence-corrected chi connectivity index (χ4v) is 1.74. The van der Waals surface area contributed by atoms with Gasteiger partial charge in [-0.15, -0.1) is 0 Å². The van der Waals surface area contributed by atoms with Crippen LogP contribution in [0, 0.1) is 11.6 Å². The molecule has 0 fully saturated rings. The second-order valence-corrected chi connectivity index (χ2v) is 4.65. The van der Waals surface area contributed by atoms with Crippen LogP contribution in [0.5, 0.6) is 0 Å². The highest BCUT2D eigenvalue weighted by atomic mass is 19.1. The molecular formula is C14H20F2N2O2. The van der Waals surface area contributed by atoms with Crippen LogP contribution in [0.3, 0.4) is 0 Å². The minimum absolute atomic E-state index is 0.211. The van der Waals surface area contributed by atoms with E-state index in [9.17, 15) is 13.6 Å². The first kappa shape index (κ1) is 16.5. The molecule has 0 amide bonds. The largest absolute Gasteiger partial charge is 0.465 e. The summed E-state index contributed by atoms with van der Waals surface area (Å²) in [7, 11) is 3.78. The van der Waals surface area contributed by atoms with Gasteiger partial charge in [-0.1, -0.05) is 0 Å². The molecule has 0 heterocycles. The average Bonchev–Trinajstić information content (AvgIpc) is 2.33. The number of hydrogen-bond acceptors (Lipinski definition) is 4. The van der Waals surface area contributed by atoms with Crippen molar-refractivity contribution in [2.24, 2.45) is 0 Å². The van der Waals surface area contributed by atoms with E-state index in [0.29, 0.717) is 13.1 Å². The summed E-state index contributed by atoms with van der Waals surface area (Å²) >= 11 is 0. The lowest BCUT2D eigenvalue weighted by Gasteiger charge is -2.19.